The topological polar surface area (TPSA) is 107 Å². The fraction of sp³-hybridized carbons (Fsp3) is 0.133. The van der Waals surface area contributed by atoms with Crippen LogP contribution in [0.4, 0.5) is 11.5 Å². The number of rotatable bonds is 3. The maximum absolute atomic E-state index is 8.97. The second-order valence-electron chi connectivity index (χ2n) is 4.79. The van der Waals surface area contributed by atoms with Gasteiger partial charge in [0.2, 0.25) is 0 Å². The Morgan fingerprint density at radius 1 is 1.19 bits per heavy atom. The van der Waals surface area contributed by atoms with Crippen molar-refractivity contribution < 1.29 is 0 Å². The zero-order chi connectivity index (χ0) is 14.8. The maximum atomic E-state index is 8.97. The smallest absolute Gasteiger partial charge is 0.124 e. The maximum Gasteiger partial charge on any atom is 0.124 e. The van der Waals surface area contributed by atoms with Gasteiger partial charge in [-0.05, 0) is 29.8 Å². The Labute approximate surface area is 121 Å². The van der Waals surface area contributed by atoms with Gasteiger partial charge in [-0.3, -0.25) is 0 Å². The first kappa shape index (κ1) is 12.9. The van der Waals surface area contributed by atoms with Crippen molar-refractivity contribution in [3.63, 3.8) is 0 Å². The van der Waals surface area contributed by atoms with Gasteiger partial charge in [0, 0.05) is 11.9 Å². The lowest BCUT2D eigenvalue weighted by molar-refractivity contribution is 0.767. The van der Waals surface area contributed by atoms with Gasteiger partial charge in [0.1, 0.15) is 11.6 Å². The average molecular weight is 278 g/mol. The molecule has 0 atom stereocenters. The van der Waals surface area contributed by atoms with E-state index >= 15 is 0 Å². The Morgan fingerprint density at radius 2 is 2.05 bits per heavy atom. The summed E-state index contributed by atoms with van der Waals surface area (Å²) < 4.78 is 2.01. The number of fused-ring (bicyclic) bond motifs is 1. The Kier molecular flexibility index (Phi) is 3.16. The molecule has 0 aliphatic heterocycles. The summed E-state index contributed by atoms with van der Waals surface area (Å²) in [6.45, 7) is 0.588. The van der Waals surface area contributed by atoms with Crippen LogP contribution in [0.2, 0.25) is 0 Å². The summed E-state index contributed by atoms with van der Waals surface area (Å²) in [6.07, 6.45) is 1.98. The van der Waals surface area contributed by atoms with Crippen LogP contribution in [0.3, 0.4) is 0 Å². The summed E-state index contributed by atoms with van der Waals surface area (Å²) in [4.78, 5) is 8.58. The lowest BCUT2D eigenvalue weighted by atomic mass is 10.2. The minimum absolute atomic E-state index is 0.247. The fourth-order valence-electron chi connectivity index (χ4n) is 2.29. The number of nitrogens with zero attached hydrogens (tertiary/aromatic N) is 4. The third kappa shape index (κ3) is 2.49. The molecule has 0 bridgehead atoms. The molecule has 2 aromatic heterocycles. The number of nitrogen functional groups attached to an aromatic ring is 2. The normalized spacial score (nSPS) is 10.6. The molecule has 6 nitrogen and oxygen atoms in total. The van der Waals surface area contributed by atoms with Crippen molar-refractivity contribution >= 4 is 22.5 Å². The molecule has 6 heteroatoms. The molecule has 0 radical (unpaired) electrons. The minimum Gasteiger partial charge on any atom is -0.399 e. The van der Waals surface area contributed by atoms with E-state index in [1.807, 2.05) is 28.8 Å². The monoisotopic (exact) mass is 278 g/mol. The first-order chi connectivity index (χ1) is 10.2. The van der Waals surface area contributed by atoms with Crippen LogP contribution in [0.5, 0.6) is 0 Å². The zero-order valence-corrected chi connectivity index (χ0v) is 11.3. The van der Waals surface area contributed by atoms with Crippen LogP contribution in [-0.4, -0.2) is 14.5 Å². The molecule has 0 aliphatic rings. The SMILES string of the molecule is N#CCc1nc2cc(N)ccc2n1Cc1ccc(N)nc1. The molecular weight excluding hydrogens is 264 g/mol. The molecule has 0 saturated heterocycles. The summed E-state index contributed by atoms with van der Waals surface area (Å²) in [5, 5.41) is 8.97. The second-order valence-corrected chi connectivity index (χ2v) is 4.79. The first-order valence-electron chi connectivity index (χ1n) is 6.49. The summed E-state index contributed by atoms with van der Waals surface area (Å²) in [7, 11) is 0. The van der Waals surface area contributed by atoms with Crippen LogP contribution < -0.4 is 11.5 Å². The number of nitrogens with two attached hydrogens (primary N) is 2. The van der Waals surface area contributed by atoms with Crippen LogP contribution in [0.1, 0.15) is 11.4 Å². The van der Waals surface area contributed by atoms with Gasteiger partial charge in [0.25, 0.3) is 0 Å². The van der Waals surface area contributed by atoms with E-state index in [0.717, 1.165) is 22.4 Å². The molecule has 4 N–H and O–H groups in total. The lowest BCUT2D eigenvalue weighted by Crippen LogP contribution is -2.05. The summed E-state index contributed by atoms with van der Waals surface area (Å²) in [5.41, 5.74) is 14.8. The Balaban J connectivity index is 2.08. The molecule has 0 unspecified atom stereocenters. The number of hydrogen-bond acceptors (Lipinski definition) is 5. The van der Waals surface area contributed by atoms with Gasteiger partial charge in [-0.1, -0.05) is 6.07 Å². The van der Waals surface area contributed by atoms with Gasteiger partial charge in [-0.25, -0.2) is 9.97 Å². The highest BCUT2D eigenvalue weighted by Gasteiger charge is 2.11. The van der Waals surface area contributed by atoms with Crippen molar-refractivity contribution in [2.45, 2.75) is 13.0 Å². The zero-order valence-electron chi connectivity index (χ0n) is 11.3. The van der Waals surface area contributed by atoms with E-state index in [1.54, 1.807) is 12.3 Å². The number of hydrogen-bond donors (Lipinski definition) is 2. The summed E-state index contributed by atoms with van der Waals surface area (Å²) >= 11 is 0. The van der Waals surface area contributed by atoms with Gasteiger partial charge in [0.05, 0.1) is 30.1 Å². The van der Waals surface area contributed by atoms with Gasteiger partial charge in [0.15, 0.2) is 0 Å². The van der Waals surface area contributed by atoms with Gasteiger partial charge < -0.3 is 16.0 Å². The number of aromatic nitrogens is 3. The molecule has 3 rings (SSSR count). The van der Waals surface area contributed by atoms with E-state index in [0.29, 0.717) is 18.1 Å². The van der Waals surface area contributed by atoms with Crippen LogP contribution in [0.25, 0.3) is 11.0 Å². The first-order valence-corrected chi connectivity index (χ1v) is 6.49. The van der Waals surface area contributed by atoms with E-state index in [1.165, 1.54) is 0 Å². The van der Waals surface area contributed by atoms with Crippen LogP contribution in [0.15, 0.2) is 36.5 Å². The van der Waals surface area contributed by atoms with Crippen molar-refractivity contribution in [2.75, 3.05) is 11.5 Å². The quantitative estimate of drug-likeness (QED) is 0.709. The predicted molar refractivity (Wildman–Crippen MR) is 81.2 cm³/mol. The Hall–Kier alpha value is -3.07. The average Bonchev–Trinajstić information content (AvgIpc) is 2.79. The van der Waals surface area contributed by atoms with Gasteiger partial charge in [-0.15, -0.1) is 0 Å². The van der Waals surface area contributed by atoms with Crippen molar-refractivity contribution in [2.24, 2.45) is 0 Å². The number of imidazole rings is 1. The highest BCUT2D eigenvalue weighted by atomic mass is 15.1. The highest BCUT2D eigenvalue weighted by molar-refractivity contribution is 5.79. The molecular formula is C15H14N6. The number of benzene rings is 1. The van der Waals surface area contributed by atoms with Gasteiger partial charge >= 0.3 is 0 Å². The molecule has 0 spiro atoms. The standard InChI is InChI=1S/C15H14N6/c16-6-5-15-20-12-7-11(17)2-3-13(12)21(15)9-10-1-4-14(18)19-8-10/h1-4,7-8H,5,9,17H2,(H2,18,19). The van der Waals surface area contributed by atoms with E-state index < -0.39 is 0 Å². The third-order valence-electron chi connectivity index (χ3n) is 3.28. The number of pyridine rings is 1. The molecule has 21 heavy (non-hydrogen) atoms. The largest absolute Gasteiger partial charge is 0.399 e. The summed E-state index contributed by atoms with van der Waals surface area (Å²) in [6, 6.07) is 11.4. The number of nitriles is 1. The van der Waals surface area contributed by atoms with Crippen molar-refractivity contribution in [1.82, 2.24) is 14.5 Å². The van der Waals surface area contributed by atoms with Crippen molar-refractivity contribution in [3.05, 3.63) is 47.9 Å². The fourth-order valence-corrected chi connectivity index (χ4v) is 2.29. The molecule has 3 aromatic rings. The molecule has 2 heterocycles. The van der Waals surface area contributed by atoms with Crippen LogP contribution in [-0.2, 0) is 13.0 Å². The third-order valence-corrected chi connectivity index (χ3v) is 3.28. The lowest BCUT2D eigenvalue weighted by Gasteiger charge is -2.08. The van der Waals surface area contributed by atoms with E-state index in [9.17, 15) is 0 Å². The van der Waals surface area contributed by atoms with Gasteiger partial charge in [-0.2, -0.15) is 5.26 Å². The Bertz CT molecular complexity index is 826. The highest BCUT2D eigenvalue weighted by Crippen LogP contribution is 2.21. The van der Waals surface area contributed by atoms with Crippen molar-refractivity contribution in [3.8, 4) is 6.07 Å². The second kappa shape index (κ2) is 5.13. The molecule has 0 aliphatic carbocycles. The van der Waals surface area contributed by atoms with E-state index in [-0.39, 0.29) is 6.42 Å². The molecule has 0 amide bonds. The van der Waals surface area contributed by atoms with E-state index in [4.69, 9.17) is 16.7 Å². The predicted octanol–water partition coefficient (Wildman–Crippen LogP) is 1.71. The van der Waals surface area contributed by atoms with Crippen LogP contribution >= 0.6 is 0 Å². The Morgan fingerprint density at radius 3 is 2.76 bits per heavy atom. The van der Waals surface area contributed by atoms with Crippen LogP contribution in [0, 0.1) is 11.3 Å². The number of anilines is 2. The van der Waals surface area contributed by atoms with Crippen molar-refractivity contribution in [1.29, 1.82) is 5.26 Å². The molecule has 0 fully saturated rings. The summed E-state index contributed by atoms with van der Waals surface area (Å²) in [5.74, 6) is 1.20. The minimum atomic E-state index is 0.247. The molecule has 104 valence electrons. The molecule has 1 aromatic carbocycles. The van der Waals surface area contributed by atoms with E-state index in [2.05, 4.69) is 16.0 Å². The molecule has 0 saturated carbocycles.